The lowest BCUT2D eigenvalue weighted by Gasteiger charge is -2.30. The van der Waals surface area contributed by atoms with E-state index >= 15 is 0 Å². The average molecular weight is 365 g/mol. The first-order chi connectivity index (χ1) is 12.3. The van der Waals surface area contributed by atoms with E-state index in [9.17, 15) is 0 Å². The van der Waals surface area contributed by atoms with Crippen LogP contribution < -0.4 is 4.74 Å². The summed E-state index contributed by atoms with van der Waals surface area (Å²) in [6, 6.07) is 6.40. The van der Waals surface area contributed by atoms with Crippen LogP contribution >= 0.6 is 0 Å². The summed E-state index contributed by atoms with van der Waals surface area (Å²) in [5.41, 5.74) is 2.55. The quantitative estimate of drug-likeness (QED) is 0.594. The summed E-state index contributed by atoms with van der Waals surface area (Å²) in [6.45, 7) is 11.3. The molecule has 0 unspecified atom stereocenters. The van der Waals surface area contributed by atoms with Gasteiger partial charge < -0.3 is 19.8 Å². The molecule has 0 spiro atoms. The fourth-order valence-corrected chi connectivity index (χ4v) is 2.87. The minimum atomic E-state index is -1.82. The Balaban J connectivity index is 0.000000487. The lowest BCUT2D eigenvalue weighted by atomic mass is 9.99. The van der Waals surface area contributed by atoms with Gasteiger partial charge in [-0.1, -0.05) is 24.6 Å². The summed E-state index contributed by atoms with van der Waals surface area (Å²) in [6.07, 6.45) is 5.15. The topological polar surface area (TPSA) is 87.1 Å². The van der Waals surface area contributed by atoms with E-state index in [4.69, 9.17) is 24.5 Å². The van der Waals surface area contributed by atoms with Crippen LogP contribution in [0.3, 0.4) is 0 Å². The Hall–Kier alpha value is -2.08. The zero-order valence-electron chi connectivity index (χ0n) is 16.0. The molecule has 0 bridgehead atoms. The number of carboxylic acid groups (broad SMARTS) is 2. The molecule has 0 amide bonds. The van der Waals surface area contributed by atoms with Gasteiger partial charge in [0.05, 0.1) is 6.61 Å². The van der Waals surface area contributed by atoms with Gasteiger partial charge in [0, 0.05) is 0 Å². The van der Waals surface area contributed by atoms with E-state index in [-0.39, 0.29) is 0 Å². The number of likely N-dealkylation sites (tertiary alicyclic amines) is 1. The Morgan fingerprint density at radius 1 is 1.12 bits per heavy atom. The molecule has 26 heavy (non-hydrogen) atoms. The third-order valence-corrected chi connectivity index (χ3v) is 4.52. The molecule has 1 heterocycles. The second-order valence-electron chi connectivity index (χ2n) is 6.96. The highest BCUT2D eigenvalue weighted by Gasteiger charge is 2.14. The van der Waals surface area contributed by atoms with E-state index in [1.54, 1.807) is 0 Å². The third-order valence-electron chi connectivity index (χ3n) is 4.52. The Bertz CT molecular complexity index is 568. The number of aliphatic carboxylic acids is 2. The second-order valence-corrected chi connectivity index (χ2v) is 6.96. The number of aryl methyl sites for hydroxylation is 2. The largest absolute Gasteiger partial charge is 0.493 e. The zero-order chi connectivity index (χ0) is 19.5. The van der Waals surface area contributed by atoms with Crippen LogP contribution in [0.15, 0.2) is 18.2 Å². The monoisotopic (exact) mass is 365 g/mol. The lowest BCUT2D eigenvalue weighted by Crippen LogP contribution is -2.33. The number of carboxylic acids is 2. The van der Waals surface area contributed by atoms with E-state index < -0.39 is 11.9 Å². The summed E-state index contributed by atoms with van der Waals surface area (Å²) in [5, 5.41) is 14.8. The minimum absolute atomic E-state index is 0.841. The van der Waals surface area contributed by atoms with E-state index in [0.29, 0.717) is 0 Å². The van der Waals surface area contributed by atoms with Gasteiger partial charge in [0.1, 0.15) is 5.75 Å². The first-order valence-corrected chi connectivity index (χ1v) is 9.18. The molecule has 1 aliphatic rings. The maximum atomic E-state index is 9.10. The van der Waals surface area contributed by atoms with Gasteiger partial charge in [0.25, 0.3) is 0 Å². The van der Waals surface area contributed by atoms with E-state index in [2.05, 4.69) is 43.9 Å². The van der Waals surface area contributed by atoms with Crippen LogP contribution in [0.1, 0.15) is 43.7 Å². The molecule has 1 aromatic rings. The van der Waals surface area contributed by atoms with Gasteiger partial charge in [-0.05, 0) is 76.7 Å². The maximum Gasteiger partial charge on any atom is 0.414 e. The van der Waals surface area contributed by atoms with Gasteiger partial charge in [-0.15, -0.1) is 0 Å². The van der Waals surface area contributed by atoms with Crippen molar-refractivity contribution < 1.29 is 24.5 Å². The lowest BCUT2D eigenvalue weighted by molar-refractivity contribution is -0.159. The van der Waals surface area contributed by atoms with Crippen LogP contribution in [-0.2, 0) is 9.59 Å². The van der Waals surface area contributed by atoms with Crippen molar-refractivity contribution in [1.82, 2.24) is 4.90 Å². The van der Waals surface area contributed by atoms with Crippen LogP contribution in [0.25, 0.3) is 0 Å². The van der Waals surface area contributed by atoms with Gasteiger partial charge in [0.15, 0.2) is 0 Å². The Kier molecular flexibility index (Phi) is 9.73. The fourth-order valence-electron chi connectivity index (χ4n) is 2.87. The van der Waals surface area contributed by atoms with Gasteiger partial charge in [0.2, 0.25) is 0 Å². The van der Waals surface area contributed by atoms with Gasteiger partial charge in [-0.3, -0.25) is 0 Å². The molecule has 2 N–H and O–H groups in total. The van der Waals surface area contributed by atoms with E-state index in [1.165, 1.54) is 50.0 Å². The van der Waals surface area contributed by atoms with Crippen LogP contribution in [0, 0.1) is 19.8 Å². The highest BCUT2D eigenvalue weighted by molar-refractivity contribution is 6.27. The van der Waals surface area contributed by atoms with Crippen LogP contribution in [-0.4, -0.2) is 53.3 Å². The number of hydrogen-bond acceptors (Lipinski definition) is 4. The molecule has 2 rings (SSSR count). The molecule has 0 radical (unpaired) electrons. The average Bonchev–Trinajstić information content (AvgIpc) is 2.58. The summed E-state index contributed by atoms with van der Waals surface area (Å²) in [7, 11) is 0. The first-order valence-electron chi connectivity index (χ1n) is 9.18. The standard InChI is InChI=1S/C18H29NO.C2H2O4/c1-15-8-11-19(12-9-15)10-4-5-13-20-18-7-6-16(2)14-17(18)3;3-1(4)2(5)6/h6-7,14-15H,4-5,8-13H2,1-3H3;(H,3,4)(H,5,6). The minimum Gasteiger partial charge on any atom is -0.493 e. The van der Waals surface area contributed by atoms with E-state index in [1.807, 2.05) is 0 Å². The molecule has 0 aliphatic carbocycles. The molecular formula is C20H31NO5. The molecule has 6 nitrogen and oxygen atoms in total. The summed E-state index contributed by atoms with van der Waals surface area (Å²) in [4.78, 5) is 20.8. The van der Waals surface area contributed by atoms with Crippen molar-refractivity contribution in [3.8, 4) is 5.75 Å². The molecule has 1 fully saturated rings. The predicted octanol–water partition coefficient (Wildman–Crippen LogP) is 3.35. The molecule has 6 heteroatoms. The Morgan fingerprint density at radius 3 is 2.27 bits per heavy atom. The van der Waals surface area contributed by atoms with Crippen LogP contribution in [0.4, 0.5) is 0 Å². The predicted molar refractivity (Wildman–Crippen MR) is 101 cm³/mol. The van der Waals surface area contributed by atoms with Gasteiger partial charge >= 0.3 is 11.9 Å². The Labute approximate surface area is 155 Å². The number of hydrogen-bond donors (Lipinski definition) is 2. The fraction of sp³-hybridized carbons (Fsp3) is 0.600. The number of carbonyl (C=O) groups is 2. The van der Waals surface area contributed by atoms with Crippen LogP contribution in [0.5, 0.6) is 5.75 Å². The zero-order valence-corrected chi connectivity index (χ0v) is 16.0. The number of rotatable bonds is 6. The van der Waals surface area contributed by atoms with Crippen LogP contribution in [0.2, 0.25) is 0 Å². The van der Waals surface area contributed by atoms with Crippen molar-refractivity contribution in [2.45, 2.75) is 46.5 Å². The smallest absolute Gasteiger partial charge is 0.414 e. The van der Waals surface area contributed by atoms with E-state index in [0.717, 1.165) is 24.7 Å². The van der Waals surface area contributed by atoms with Gasteiger partial charge in [-0.25, -0.2) is 9.59 Å². The summed E-state index contributed by atoms with van der Waals surface area (Å²) >= 11 is 0. The number of benzene rings is 1. The number of piperidine rings is 1. The molecule has 1 aliphatic heterocycles. The van der Waals surface area contributed by atoms with Crippen molar-refractivity contribution in [2.24, 2.45) is 5.92 Å². The highest BCUT2D eigenvalue weighted by Crippen LogP contribution is 2.19. The number of nitrogens with zero attached hydrogens (tertiary/aromatic N) is 1. The van der Waals surface area contributed by atoms with Crippen molar-refractivity contribution in [3.63, 3.8) is 0 Å². The molecule has 146 valence electrons. The molecule has 1 saturated heterocycles. The van der Waals surface area contributed by atoms with Crippen molar-refractivity contribution in [1.29, 1.82) is 0 Å². The highest BCUT2D eigenvalue weighted by atomic mass is 16.5. The molecule has 1 aromatic carbocycles. The SMILES string of the molecule is Cc1ccc(OCCCCN2CCC(C)CC2)c(C)c1.O=C(O)C(=O)O. The first kappa shape index (κ1) is 22.0. The summed E-state index contributed by atoms with van der Waals surface area (Å²) in [5.74, 6) is -1.67. The van der Waals surface area contributed by atoms with Gasteiger partial charge in [-0.2, -0.15) is 0 Å². The number of ether oxygens (including phenoxy) is 1. The summed E-state index contributed by atoms with van der Waals surface area (Å²) < 4.78 is 5.88. The molecule has 0 atom stereocenters. The maximum absolute atomic E-state index is 9.10. The molecule has 0 saturated carbocycles. The molecule has 0 aromatic heterocycles. The second kappa shape index (κ2) is 11.5. The Morgan fingerprint density at radius 2 is 1.73 bits per heavy atom. The third kappa shape index (κ3) is 8.85. The van der Waals surface area contributed by atoms with Crippen molar-refractivity contribution in [2.75, 3.05) is 26.2 Å². The number of unbranched alkanes of at least 4 members (excludes halogenated alkanes) is 1. The molecular weight excluding hydrogens is 334 g/mol. The van der Waals surface area contributed by atoms with Crippen molar-refractivity contribution >= 4 is 11.9 Å². The van der Waals surface area contributed by atoms with Crippen molar-refractivity contribution in [3.05, 3.63) is 29.3 Å². The normalized spacial score (nSPS) is 15.0.